The first kappa shape index (κ1) is 27.5. The molecule has 0 aliphatic heterocycles. The number of rotatable bonds is 6. The molecule has 0 bridgehead atoms. The summed E-state index contributed by atoms with van der Waals surface area (Å²) >= 11 is 0. The smallest absolute Gasteiger partial charge is 0.179 e. The quantitative estimate of drug-likeness (QED) is 0.149. The maximum atomic E-state index is 4.87. The van der Waals surface area contributed by atoms with Gasteiger partial charge in [-0.1, -0.05) is 146 Å². The number of fused-ring (bicyclic) bond motifs is 5. The highest BCUT2D eigenvalue weighted by Crippen LogP contribution is 2.40. The number of hydrogen-bond donors (Lipinski definition) is 0. The highest BCUT2D eigenvalue weighted by atomic mass is 28.3. The molecule has 224 valence electrons. The Hall–Kier alpha value is -5.78. The lowest BCUT2D eigenvalue weighted by Crippen LogP contribution is -2.74. The van der Waals surface area contributed by atoms with Crippen LogP contribution in [0.25, 0.3) is 38.7 Å². The molecule has 1 aliphatic carbocycles. The van der Waals surface area contributed by atoms with Crippen molar-refractivity contribution < 1.29 is 0 Å². The second-order valence-electron chi connectivity index (χ2n) is 12.2. The van der Waals surface area contributed by atoms with E-state index in [2.05, 4.69) is 178 Å². The van der Waals surface area contributed by atoms with Crippen molar-refractivity contribution in [3.63, 3.8) is 0 Å². The van der Waals surface area contributed by atoms with Gasteiger partial charge in [0.15, 0.2) is 8.07 Å². The van der Waals surface area contributed by atoms with Crippen LogP contribution >= 0.6 is 0 Å². The van der Waals surface area contributed by atoms with Gasteiger partial charge < -0.3 is 4.57 Å². The first-order valence-corrected chi connectivity index (χ1v) is 18.2. The Bertz CT molecular complexity index is 2330. The number of allylic oxidation sites excluding steroid dienone is 4. The average molecular weight is 621 g/mol. The van der Waals surface area contributed by atoms with Crippen molar-refractivity contribution in [1.29, 1.82) is 0 Å². The number of hydrogen-bond acceptors (Lipinski definition) is 2. The maximum absolute atomic E-state index is 4.87. The molecule has 0 radical (unpaired) electrons. The number of nitrogens with zero attached hydrogens (tertiary/aromatic N) is 4. The van der Waals surface area contributed by atoms with Crippen LogP contribution in [0.2, 0.25) is 0 Å². The summed E-state index contributed by atoms with van der Waals surface area (Å²) in [5, 5.41) is 7.83. The summed E-state index contributed by atoms with van der Waals surface area (Å²) in [5.74, 6) is 0. The predicted octanol–water partition coefficient (Wildman–Crippen LogP) is 6.96. The van der Waals surface area contributed by atoms with Crippen LogP contribution in [0.3, 0.4) is 0 Å². The summed E-state index contributed by atoms with van der Waals surface area (Å²) in [6.07, 6.45) is 13.4. The summed E-state index contributed by atoms with van der Waals surface area (Å²) in [6, 6.07) is 51.5. The lowest BCUT2D eigenvalue weighted by molar-refractivity contribution is 0.640. The maximum Gasteiger partial charge on any atom is 0.179 e. The molecule has 1 unspecified atom stereocenters. The molecule has 5 heteroatoms. The van der Waals surface area contributed by atoms with Gasteiger partial charge in [-0.25, -0.2) is 9.97 Å². The monoisotopic (exact) mass is 620 g/mol. The van der Waals surface area contributed by atoms with Crippen LogP contribution in [-0.2, 0) is 0 Å². The van der Waals surface area contributed by atoms with E-state index in [1.807, 2.05) is 6.20 Å². The lowest BCUT2D eigenvalue weighted by atomic mass is 10.1. The number of aromatic nitrogens is 4. The van der Waals surface area contributed by atoms with E-state index in [-0.39, 0.29) is 6.04 Å². The fourth-order valence-corrected chi connectivity index (χ4v) is 12.5. The summed E-state index contributed by atoms with van der Waals surface area (Å²) in [5.41, 5.74) is 5.46. The molecule has 47 heavy (non-hydrogen) atoms. The van der Waals surface area contributed by atoms with Gasteiger partial charge in [-0.15, -0.1) is 0 Å². The fraction of sp³-hybridized carbons (Fsp3) is 0.0476. The summed E-state index contributed by atoms with van der Waals surface area (Å²) in [6.45, 7) is 0. The van der Waals surface area contributed by atoms with E-state index in [1.54, 1.807) is 6.33 Å². The second kappa shape index (κ2) is 11.2. The Balaban J connectivity index is 1.33. The van der Waals surface area contributed by atoms with Crippen LogP contribution in [0.5, 0.6) is 0 Å². The van der Waals surface area contributed by atoms with Gasteiger partial charge in [0.2, 0.25) is 0 Å². The van der Waals surface area contributed by atoms with Crippen LogP contribution in [-0.4, -0.2) is 27.2 Å². The van der Waals surface area contributed by atoms with Gasteiger partial charge in [-0.3, -0.25) is 4.57 Å². The summed E-state index contributed by atoms with van der Waals surface area (Å²) in [7, 11) is -2.64. The van der Waals surface area contributed by atoms with Crippen molar-refractivity contribution in [3.8, 4) is 5.69 Å². The topological polar surface area (TPSA) is 35.6 Å². The van der Waals surface area contributed by atoms with E-state index in [4.69, 9.17) is 4.98 Å². The minimum Gasteiger partial charge on any atom is -0.319 e. The standard InChI is InChI=1S/C42H32N4Si/c1-5-15-31(16-6-1)45-38-24-14-13-23-37(38)40-41-39(29-43-30-44-41)46(42(40)45)32-25-27-36(28-26-32)47(33-17-7-2-8-18-33,34-19-9-3-10-20-34)35-21-11-4-12-22-35/h1-15,17-31H,16H2. The Morgan fingerprint density at radius 2 is 1.19 bits per heavy atom. The highest BCUT2D eigenvalue weighted by molar-refractivity contribution is 7.19. The molecule has 1 atom stereocenters. The average Bonchev–Trinajstić information content (AvgIpc) is 3.67. The lowest BCUT2D eigenvalue weighted by Gasteiger charge is -2.34. The molecule has 0 saturated heterocycles. The third kappa shape index (κ3) is 4.20. The van der Waals surface area contributed by atoms with E-state index < -0.39 is 8.07 Å². The van der Waals surface area contributed by atoms with E-state index in [0.717, 1.165) is 28.8 Å². The molecule has 4 nitrogen and oxygen atoms in total. The molecular formula is C42H32N4Si. The third-order valence-electron chi connectivity index (χ3n) is 9.74. The van der Waals surface area contributed by atoms with Gasteiger partial charge in [-0.2, -0.15) is 0 Å². The van der Waals surface area contributed by atoms with Crippen molar-refractivity contribution in [2.75, 3.05) is 0 Å². The Kier molecular flexibility index (Phi) is 6.58. The Morgan fingerprint density at radius 1 is 0.596 bits per heavy atom. The van der Waals surface area contributed by atoms with Crippen molar-refractivity contribution in [3.05, 3.63) is 176 Å². The fourth-order valence-electron chi connectivity index (χ4n) is 7.78. The zero-order chi connectivity index (χ0) is 31.2. The van der Waals surface area contributed by atoms with E-state index in [0.29, 0.717) is 0 Å². The predicted molar refractivity (Wildman–Crippen MR) is 197 cm³/mol. The van der Waals surface area contributed by atoms with Crippen molar-refractivity contribution in [1.82, 2.24) is 19.1 Å². The summed E-state index contributed by atoms with van der Waals surface area (Å²) in [4.78, 5) is 9.38. The number of benzene rings is 5. The van der Waals surface area contributed by atoms with Crippen LogP contribution in [0.4, 0.5) is 0 Å². The third-order valence-corrected chi connectivity index (χ3v) is 14.5. The van der Waals surface area contributed by atoms with Crippen LogP contribution < -0.4 is 20.7 Å². The minimum atomic E-state index is -2.64. The van der Waals surface area contributed by atoms with Gasteiger partial charge in [-0.05, 0) is 45.4 Å². The van der Waals surface area contributed by atoms with Crippen molar-refractivity contribution >= 4 is 61.8 Å². The molecule has 5 aromatic carbocycles. The highest BCUT2D eigenvalue weighted by Gasteiger charge is 2.41. The van der Waals surface area contributed by atoms with Crippen molar-refractivity contribution in [2.45, 2.75) is 12.5 Å². The molecule has 8 aromatic rings. The first-order chi connectivity index (χ1) is 23.4. The molecule has 9 rings (SSSR count). The largest absolute Gasteiger partial charge is 0.319 e. The molecule has 0 amide bonds. The molecule has 3 heterocycles. The van der Waals surface area contributed by atoms with Gasteiger partial charge >= 0.3 is 0 Å². The zero-order valence-electron chi connectivity index (χ0n) is 25.8. The molecular weight excluding hydrogens is 589 g/mol. The van der Waals surface area contributed by atoms with Crippen LogP contribution in [0.15, 0.2) is 176 Å². The molecule has 1 aliphatic rings. The van der Waals surface area contributed by atoms with Crippen LogP contribution in [0.1, 0.15) is 12.5 Å². The molecule has 0 saturated carbocycles. The van der Waals surface area contributed by atoms with Gasteiger partial charge in [0.1, 0.15) is 17.5 Å². The van der Waals surface area contributed by atoms with E-state index in [1.165, 1.54) is 37.0 Å². The normalized spacial score (nSPS) is 14.8. The Morgan fingerprint density at radius 3 is 1.81 bits per heavy atom. The number of para-hydroxylation sites is 1. The Labute approximate surface area is 274 Å². The molecule has 0 spiro atoms. The van der Waals surface area contributed by atoms with E-state index >= 15 is 0 Å². The zero-order valence-corrected chi connectivity index (χ0v) is 26.8. The summed E-state index contributed by atoms with van der Waals surface area (Å²) < 4.78 is 4.87. The van der Waals surface area contributed by atoms with Gasteiger partial charge in [0.05, 0.1) is 28.7 Å². The molecule has 0 fully saturated rings. The molecule has 0 N–H and O–H groups in total. The van der Waals surface area contributed by atoms with Gasteiger partial charge in [0.25, 0.3) is 0 Å². The SMILES string of the molecule is C1=CCC(n2c3ccccc3c3c4ncncc4n(-c4ccc([Si](c5ccccc5)(c5ccccc5)c5ccccc5)cc4)c32)C=C1. The van der Waals surface area contributed by atoms with Crippen molar-refractivity contribution in [2.24, 2.45) is 0 Å². The van der Waals surface area contributed by atoms with E-state index in [9.17, 15) is 0 Å². The minimum absolute atomic E-state index is 0.201. The molecule has 3 aromatic heterocycles. The van der Waals surface area contributed by atoms with Crippen LogP contribution in [0, 0.1) is 0 Å². The second-order valence-corrected chi connectivity index (χ2v) is 16.0. The van der Waals surface area contributed by atoms with Gasteiger partial charge in [0, 0.05) is 11.1 Å². The first-order valence-electron chi connectivity index (χ1n) is 16.2.